The van der Waals surface area contributed by atoms with Crippen LogP contribution in [0.3, 0.4) is 0 Å². The predicted molar refractivity (Wildman–Crippen MR) is 98.9 cm³/mol. The zero-order valence-electron chi connectivity index (χ0n) is 14.3. The molecule has 4 rings (SSSR count). The van der Waals surface area contributed by atoms with Crippen molar-refractivity contribution in [3.63, 3.8) is 0 Å². The van der Waals surface area contributed by atoms with Gasteiger partial charge in [-0.25, -0.2) is 9.97 Å². The zero-order chi connectivity index (χ0) is 17.4. The zero-order valence-corrected chi connectivity index (χ0v) is 15.1. The second-order valence-electron chi connectivity index (χ2n) is 6.20. The number of thioether (sulfide) groups is 1. The van der Waals surface area contributed by atoms with Crippen LogP contribution in [0.1, 0.15) is 23.2 Å². The molecule has 1 saturated heterocycles. The molecule has 130 valence electrons. The van der Waals surface area contributed by atoms with Gasteiger partial charge in [-0.2, -0.15) is 0 Å². The van der Waals surface area contributed by atoms with E-state index in [1.54, 1.807) is 13.3 Å². The fourth-order valence-electron chi connectivity index (χ4n) is 3.57. The number of ether oxygens (including phenoxy) is 1. The maximum absolute atomic E-state index is 13.2. The van der Waals surface area contributed by atoms with Crippen molar-refractivity contribution in [1.29, 1.82) is 0 Å². The van der Waals surface area contributed by atoms with E-state index in [-0.39, 0.29) is 11.9 Å². The van der Waals surface area contributed by atoms with Gasteiger partial charge < -0.3 is 14.5 Å². The van der Waals surface area contributed by atoms with Crippen LogP contribution in [-0.2, 0) is 0 Å². The van der Waals surface area contributed by atoms with Gasteiger partial charge in [0.25, 0.3) is 5.91 Å². The highest BCUT2D eigenvalue weighted by molar-refractivity contribution is 7.98. The molecule has 1 aromatic heterocycles. The van der Waals surface area contributed by atoms with Crippen molar-refractivity contribution >= 4 is 29.2 Å². The van der Waals surface area contributed by atoms with Gasteiger partial charge in [-0.15, -0.1) is 0 Å². The second kappa shape index (κ2) is 6.55. The van der Waals surface area contributed by atoms with Gasteiger partial charge in [0.2, 0.25) is 0 Å². The molecule has 2 aliphatic heterocycles. The summed E-state index contributed by atoms with van der Waals surface area (Å²) < 4.78 is 5.32. The number of benzene rings is 1. The summed E-state index contributed by atoms with van der Waals surface area (Å²) >= 11 is 1.50. The van der Waals surface area contributed by atoms with Crippen molar-refractivity contribution < 1.29 is 9.53 Å². The number of aromatic nitrogens is 2. The molecule has 2 aliphatic rings. The van der Waals surface area contributed by atoms with E-state index in [0.29, 0.717) is 17.3 Å². The Labute approximate surface area is 151 Å². The van der Waals surface area contributed by atoms with Crippen molar-refractivity contribution in [2.24, 2.45) is 0 Å². The van der Waals surface area contributed by atoms with Gasteiger partial charge in [0.15, 0.2) is 5.16 Å². The monoisotopic (exact) mass is 356 g/mol. The molecule has 1 amide bonds. The van der Waals surface area contributed by atoms with E-state index in [2.05, 4.69) is 14.9 Å². The highest BCUT2D eigenvalue weighted by Crippen LogP contribution is 2.34. The summed E-state index contributed by atoms with van der Waals surface area (Å²) in [4.78, 5) is 26.3. The molecular weight excluding hydrogens is 336 g/mol. The molecular formula is C18H20N4O2S. The molecule has 3 heterocycles. The number of nitrogens with zero attached hydrogens (tertiary/aromatic N) is 4. The minimum Gasteiger partial charge on any atom is -0.497 e. The normalized spacial score (nSPS) is 19.4. The smallest absolute Gasteiger partial charge is 0.263 e. The Balaban J connectivity index is 1.81. The molecule has 25 heavy (non-hydrogen) atoms. The summed E-state index contributed by atoms with van der Waals surface area (Å²) in [6, 6.07) is 7.92. The first-order chi connectivity index (χ1) is 12.2. The van der Waals surface area contributed by atoms with E-state index in [0.717, 1.165) is 36.6 Å². The van der Waals surface area contributed by atoms with Crippen LogP contribution in [0, 0.1) is 0 Å². The number of methoxy groups -OCH3 is 1. The Morgan fingerprint density at radius 3 is 3.04 bits per heavy atom. The largest absolute Gasteiger partial charge is 0.497 e. The van der Waals surface area contributed by atoms with Crippen LogP contribution in [-0.4, -0.2) is 48.4 Å². The van der Waals surface area contributed by atoms with E-state index in [1.165, 1.54) is 11.8 Å². The summed E-state index contributed by atoms with van der Waals surface area (Å²) in [6.45, 7) is 1.58. The number of carbonyl (C=O) groups is 1. The lowest BCUT2D eigenvalue weighted by Gasteiger charge is -2.27. The van der Waals surface area contributed by atoms with Crippen LogP contribution < -0.4 is 14.5 Å². The predicted octanol–water partition coefficient (Wildman–Crippen LogP) is 2.84. The summed E-state index contributed by atoms with van der Waals surface area (Å²) in [5.74, 6) is 1.47. The van der Waals surface area contributed by atoms with Gasteiger partial charge in [0, 0.05) is 37.1 Å². The van der Waals surface area contributed by atoms with Gasteiger partial charge in [0.05, 0.1) is 7.11 Å². The summed E-state index contributed by atoms with van der Waals surface area (Å²) in [7, 11) is 1.63. The summed E-state index contributed by atoms with van der Waals surface area (Å²) in [5.41, 5.74) is 1.42. The average molecular weight is 356 g/mol. The molecule has 6 nitrogen and oxygen atoms in total. The number of hydrogen-bond donors (Lipinski definition) is 0. The maximum atomic E-state index is 13.2. The van der Waals surface area contributed by atoms with Crippen LogP contribution in [0.15, 0.2) is 35.6 Å². The minimum absolute atomic E-state index is 0.0506. The van der Waals surface area contributed by atoms with Gasteiger partial charge >= 0.3 is 0 Å². The summed E-state index contributed by atoms with van der Waals surface area (Å²) in [5, 5.41) is 0.701. The van der Waals surface area contributed by atoms with E-state index in [4.69, 9.17) is 4.74 Å². The van der Waals surface area contributed by atoms with Gasteiger partial charge in [-0.05, 0) is 31.2 Å². The molecule has 7 heteroatoms. The topological polar surface area (TPSA) is 58.6 Å². The van der Waals surface area contributed by atoms with E-state index in [9.17, 15) is 4.79 Å². The SMILES string of the molecule is COc1cccc(N2CC3CCCN3c3nc(SC)ncc3C2=O)c1. The van der Waals surface area contributed by atoms with Crippen LogP contribution >= 0.6 is 11.8 Å². The Morgan fingerprint density at radius 2 is 2.24 bits per heavy atom. The third kappa shape index (κ3) is 2.82. The molecule has 1 atom stereocenters. The van der Waals surface area contributed by atoms with Crippen LogP contribution in [0.2, 0.25) is 0 Å². The summed E-state index contributed by atoms with van der Waals surface area (Å²) in [6.07, 6.45) is 5.79. The Hall–Kier alpha value is -2.28. The standard InChI is InChI=1S/C18H20N4O2S/c1-24-14-7-3-5-12(9-14)22-11-13-6-4-8-21(13)16-15(17(22)23)10-19-18(20-16)25-2/h3,5,7,9-10,13H,4,6,8,11H2,1-2H3. The minimum atomic E-state index is -0.0506. The second-order valence-corrected chi connectivity index (χ2v) is 6.97. The molecule has 0 radical (unpaired) electrons. The lowest BCUT2D eigenvalue weighted by molar-refractivity contribution is 0.0988. The van der Waals surface area contributed by atoms with Gasteiger partial charge in [-0.3, -0.25) is 4.79 Å². The fourth-order valence-corrected chi connectivity index (χ4v) is 3.91. The Kier molecular flexibility index (Phi) is 4.25. The van der Waals surface area contributed by atoms with Crippen molar-refractivity contribution in [1.82, 2.24) is 9.97 Å². The highest BCUT2D eigenvalue weighted by atomic mass is 32.2. The van der Waals surface area contributed by atoms with Crippen molar-refractivity contribution in [3.05, 3.63) is 36.0 Å². The quantitative estimate of drug-likeness (QED) is 0.623. The first-order valence-corrected chi connectivity index (χ1v) is 9.57. The van der Waals surface area contributed by atoms with Crippen LogP contribution in [0.25, 0.3) is 0 Å². The number of anilines is 2. The van der Waals surface area contributed by atoms with Gasteiger partial charge in [0.1, 0.15) is 17.1 Å². The molecule has 0 saturated carbocycles. The van der Waals surface area contributed by atoms with Crippen molar-refractivity contribution in [2.75, 3.05) is 36.3 Å². The molecule has 0 bridgehead atoms. The Bertz CT molecular complexity index is 813. The van der Waals surface area contributed by atoms with E-state index >= 15 is 0 Å². The third-order valence-corrected chi connectivity index (χ3v) is 5.37. The number of hydrogen-bond acceptors (Lipinski definition) is 6. The van der Waals surface area contributed by atoms with Crippen LogP contribution in [0.5, 0.6) is 5.75 Å². The lowest BCUT2D eigenvalue weighted by Crippen LogP contribution is -2.39. The molecule has 1 fully saturated rings. The van der Waals surface area contributed by atoms with E-state index in [1.807, 2.05) is 35.4 Å². The van der Waals surface area contributed by atoms with Crippen molar-refractivity contribution in [2.45, 2.75) is 24.0 Å². The maximum Gasteiger partial charge on any atom is 0.263 e. The first kappa shape index (κ1) is 16.2. The van der Waals surface area contributed by atoms with Crippen LogP contribution in [0.4, 0.5) is 11.5 Å². The number of rotatable bonds is 3. The third-order valence-electron chi connectivity index (χ3n) is 4.81. The fraction of sp³-hybridized carbons (Fsp3) is 0.389. The Morgan fingerprint density at radius 1 is 1.36 bits per heavy atom. The molecule has 0 N–H and O–H groups in total. The molecule has 0 aliphatic carbocycles. The molecule has 1 unspecified atom stereocenters. The molecule has 2 aromatic rings. The van der Waals surface area contributed by atoms with Gasteiger partial charge in [-0.1, -0.05) is 17.8 Å². The van der Waals surface area contributed by atoms with E-state index < -0.39 is 0 Å². The number of carbonyl (C=O) groups excluding carboxylic acids is 1. The average Bonchev–Trinajstić information content (AvgIpc) is 3.09. The molecule has 0 spiro atoms. The molecule has 1 aromatic carbocycles. The first-order valence-electron chi connectivity index (χ1n) is 8.35. The highest BCUT2D eigenvalue weighted by Gasteiger charge is 2.37. The number of amides is 1. The van der Waals surface area contributed by atoms with Crippen molar-refractivity contribution in [3.8, 4) is 5.75 Å². The number of fused-ring (bicyclic) bond motifs is 3. The lowest BCUT2D eigenvalue weighted by atomic mass is 10.2.